The van der Waals surface area contributed by atoms with E-state index < -0.39 is 3.79 Å². The van der Waals surface area contributed by atoms with Gasteiger partial charge in [0.1, 0.15) is 0 Å². The van der Waals surface area contributed by atoms with Crippen molar-refractivity contribution in [3.05, 3.63) is 36.2 Å². The third kappa shape index (κ3) is 3.49. The highest BCUT2D eigenvalue weighted by atomic mass is 35.6. The van der Waals surface area contributed by atoms with Crippen LogP contribution in [-0.4, -0.2) is 21.0 Å². The van der Waals surface area contributed by atoms with Crippen LogP contribution in [-0.2, 0) is 8.59 Å². The number of carbonyl (C=O) groups excluding carboxylic acids is 1. The molecule has 0 atom stereocenters. The Kier molecular flexibility index (Phi) is 4.12. The molecule has 1 heterocycles. The molecule has 5 nitrogen and oxygen atoms in total. The van der Waals surface area contributed by atoms with Crippen molar-refractivity contribution in [1.29, 1.82) is 0 Å². The zero-order chi connectivity index (χ0) is 13.9. The highest BCUT2D eigenvalue weighted by Gasteiger charge is 2.28. The molecule has 0 bridgehead atoms. The molecule has 1 aromatic carbocycles. The second-order valence-corrected chi connectivity index (χ2v) is 5.63. The second kappa shape index (κ2) is 5.63. The van der Waals surface area contributed by atoms with Crippen molar-refractivity contribution in [3.8, 4) is 11.4 Å². The number of hydrogen-bond acceptors (Lipinski definition) is 5. The summed E-state index contributed by atoms with van der Waals surface area (Å²) in [6, 6.07) is 8.98. The number of isocyanates is 1. The van der Waals surface area contributed by atoms with Crippen LogP contribution in [0.25, 0.3) is 11.4 Å². The van der Waals surface area contributed by atoms with E-state index in [0.717, 1.165) is 0 Å². The minimum absolute atomic E-state index is 0.111. The van der Waals surface area contributed by atoms with Gasteiger partial charge in [0.25, 0.3) is 5.95 Å². The molecule has 0 saturated heterocycles. The van der Waals surface area contributed by atoms with Gasteiger partial charge in [-0.3, -0.25) is 0 Å². The van der Waals surface area contributed by atoms with Gasteiger partial charge in [-0.25, -0.2) is 9.78 Å². The third-order valence-electron chi connectivity index (χ3n) is 2.05. The maximum absolute atomic E-state index is 10.3. The first-order valence-corrected chi connectivity index (χ1v) is 6.10. The van der Waals surface area contributed by atoms with E-state index in [1.807, 2.05) is 6.07 Å². The van der Waals surface area contributed by atoms with Crippen LogP contribution in [0.1, 0.15) is 5.82 Å². The van der Waals surface area contributed by atoms with Crippen molar-refractivity contribution in [1.82, 2.24) is 15.0 Å². The monoisotopic (exact) mass is 314 g/mol. The van der Waals surface area contributed by atoms with Crippen molar-refractivity contribution in [2.24, 2.45) is 4.99 Å². The van der Waals surface area contributed by atoms with Crippen molar-refractivity contribution >= 4 is 46.8 Å². The van der Waals surface area contributed by atoms with Crippen LogP contribution in [0.3, 0.4) is 0 Å². The van der Waals surface area contributed by atoms with Crippen molar-refractivity contribution < 1.29 is 4.79 Å². The van der Waals surface area contributed by atoms with Crippen LogP contribution >= 0.6 is 34.8 Å². The van der Waals surface area contributed by atoms with Crippen LogP contribution in [0, 0.1) is 0 Å². The topological polar surface area (TPSA) is 68.1 Å². The summed E-state index contributed by atoms with van der Waals surface area (Å²) in [5.41, 5.74) is 0.683. The molecule has 1 aromatic heterocycles. The lowest BCUT2D eigenvalue weighted by Gasteiger charge is -2.10. The van der Waals surface area contributed by atoms with E-state index in [2.05, 4.69) is 19.9 Å². The molecule has 8 heteroatoms. The van der Waals surface area contributed by atoms with E-state index in [0.29, 0.717) is 5.56 Å². The fourth-order valence-corrected chi connectivity index (χ4v) is 1.55. The Morgan fingerprint density at radius 2 is 1.74 bits per heavy atom. The maximum Gasteiger partial charge on any atom is 0.264 e. The number of alkyl halides is 3. The average molecular weight is 316 g/mol. The van der Waals surface area contributed by atoms with Gasteiger partial charge in [0.2, 0.25) is 9.87 Å². The molecular formula is C11H5Cl3N4O. The molecule has 2 aromatic rings. The molecule has 0 radical (unpaired) electrons. The van der Waals surface area contributed by atoms with Crippen LogP contribution in [0.15, 0.2) is 35.3 Å². The molecule has 96 valence electrons. The van der Waals surface area contributed by atoms with Gasteiger partial charge in [-0.1, -0.05) is 65.1 Å². The summed E-state index contributed by atoms with van der Waals surface area (Å²) in [5, 5.41) is 0. The first-order chi connectivity index (χ1) is 9.00. The van der Waals surface area contributed by atoms with Gasteiger partial charge in [0.15, 0.2) is 11.6 Å². The van der Waals surface area contributed by atoms with Gasteiger partial charge in [0.05, 0.1) is 0 Å². The SMILES string of the molecule is O=C=Nc1nc(-c2ccccc2)nc(C(Cl)(Cl)Cl)n1. The summed E-state index contributed by atoms with van der Waals surface area (Å²) >= 11 is 17.2. The van der Waals surface area contributed by atoms with E-state index >= 15 is 0 Å². The summed E-state index contributed by atoms with van der Waals surface area (Å²) in [6.07, 6.45) is 1.33. The van der Waals surface area contributed by atoms with E-state index in [-0.39, 0.29) is 17.6 Å². The van der Waals surface area contributed by atoms with Crippen molar-refractivity contribution in [2.75, 3.05) is 0 Å². The number of hydrogen-bond donors (Lipinski definition) is 0. The van der Waals surface area contributed by atoms with E-state index in [1.54, 1.807) is 24.3 Å². The molecule has 19 heavy (non-hydrogen) atoms. The molecule has 0 N–H and O–H groups in total. The highest BCUT2D eigenvalue weighted by Crippen LogP contribution is 2.36. The molecule has 2 rings (SSSR count). The van der Waals surface area contributed by atoms with Crippen molar-refractivity contribution in [2.45, 2.75) is 3.79 Å². The average Bonchev–Trinajstić information content (AvgIpc) is 2.39. The number of benzene rings is 1. The largest absolute Gasteiger partial charge is 0.264 e. The Labute approximate surface area is 123 Å². The minimum atomic E-state index is -1.83. The predicted molar refractivity (Wildman–Crippen MR) is 72.3 cm³/mol. The molecule has 0 fully saturated rings. The fraction of sp³-hybridized carbons (Fsp3) is 0.0909. The molecule has 0 aliphatic heterocycles. The van der Waals surface area contributed by atoms with Gasteiger partial charge >= 0.3 is 0 Å². The third-order valence-corrected chi connectivity index (χ3v) is 2.56. The van der Waals surface area contributed by atoms with Gasteiger partial charge in [-0.15, -0.1) is 4.99 Å². The van der Waals surface area contributed by atoms with Crippen LogP contribution in [0.4, 0.5) is 5.95 Å². The lowest BCUT2D eigenvalue weighted by Crippen LogP contribution is -2.09. The Morgan fingerprint density at radius 3 is 2.32 bits per heavy atom. The van der Waals surface area contributed by atoms with E-state index in [9.17, 15) is 4.79 Å². The summed E-state index contributed by atoms with van der Waals surface area (Å²) in [5.74, 6) is -0.0172. The standard InChI is InChI=1S/C11H5Cl3N4O/c12-11(13,14)9-16-8(7-4-2-1-3-5-7)17-10(18-9)15-6-19/h1-5H. The Hall–Kier alpha value is -1.52. The summed E-state index contributed by atoms with van der Waals surface area (Å²) in [7, 11) is 0. The van der Waals surface area contributed by atoms with E-state index in [1.165, 1.54) is 6.08 Å². The van der Waals surface area contributed by atoms with Gasteiger partial charge in [0, 0.05) is 5.56 Å². The Balaban J connectivity index is 2.61. The zero-order valence-electron chi connectivity index (χ0n) is 9.22. The molecule has 0 amide bonds. The number of nitrogens with zero attached hydrogens (tertiary/aromatic N) is 4. The first-order valence-electron chi connectivity index (χ1n) is 4.97. The van der Waals surface area contributed by atoms with Crippen LogP contribution in [0.2, 0.25) is 0 Å². The minimum Gasteiger partial charge on any atom is -0.211 e. The number of halogens is 3. The fourth-order valence-electron chi connectivity index (χ4n) is 1.30. The molecule has 0 aliphatic rings. The number of rotatable bonds is 2. The predicted octanol–water partition coefficient (Wildman–Crippen LogP) is 3.33. The second-order valence-electron chi connectivity index (χ2n) is 3.35. The van der Waals surface area contributed by atoms with E-state index in [4.69, 9.17) is 34.8 Å². The molecule has 0 unspecified atom stereocenters. The number of aliphatic imine (C=N–C) groups is 1. The molecular weight excluding hydrogens is 311 g/mol. The van der Waals surface area contributed by atoms with Crippen LogP contribution in [0.5, 0.6) is 0 Å². The first kappa shape index (κ1) is 13.9. The summed E-state index contributed by atoms with van der Waals surface area (Å²) in [6.45, 7) is 0. The normalized spacial score (nSPS) is 10.9. The van der Waals surface area contributed by atoms with Crippen molar-refractivity contribution in [3.63, 3.8) is 0 Å². The molecule has 0 spiro atoms. The van der Waals surface area contributed by atoms with Gasteiger partial charge in [-0.2, -0.15) is 9.97 Å². The quantitative estimate of drug-likeness (QED) is 0.484. The molecule has 0 aliphatic carbocycles. The van der Waals surface area contributed by atoms with Gasteiger partial charge in [-0.05, 0) is 0 Å². The molecule has 0 saturated carbocycles. The Morgan fingerprint density at radius 1 is 1.05 bits per heavy atom. The summed E-state index contributed by atoms with van der Waals surface area (Å²) < 4.78 is -1.83. The van der Waals surface area contributed by atoms with Gasteiger partial charge < -0.3 is 0 Å². The lowest BCUT2D eigenvalue weighted by atomic mass is 10.2. The number of aromatic nitrogens is 3. The smallest absolute Gasteiger partial charge is 0.211 e. The highest BCUT2D eigenvalue weighted by molar-refractivity contribution is 6.66. The lowest BCUT2D eigenvalue weighted by molar-refractivity contribution is 0.565. The zero-order valence-corrected chi connectivity index (χ0v) is 11.5. The summed E-state index contributed by atoms with van der Waals surface area (Å²) in [4.78, 5) is 25.4. The maximum atomic E-state index is 10.3. The van der Waals surface area contributed by atoms with Crippen LogP contribution < -0.4 is 0 Å². The Bertz CT molecular complexity index is 636.